The quantitative estimate of drug-likeness (QED) is 0.797. The van der Waals surface area contributed by atoms with Crippen LogP contribution in [0.2, 0.25) is 0 Å². The smallest absolute Gasteiger partial charge is 0.0812 e. The summed E-state index contributed by atoms with van der Waals surface area (Å²) >= 11 is 0. The van der Waals surface area contributed by atoms with E-state index in [4.69, 9.17) is 0 Å². The number of hydrogen-bond acceptors (Lipinski definition) is 2. The van der Waals surface area contributed by atoms with Gasteiger partial charge in [-0.1, -0.05) is 26.0 Å². The second kappa shape index (κ2) is 4.47. The first-order valence-corrected chi connectivity index (χ1v) is 4.97. The molecule has 1 atom stereocenters. The molecule has 1 aromatic carbocycles. The number of rotatable bonds is 3. The molecule has 0 fully saturated rings. The maximum Gasteiger partial charge on any atom is 0.0812 e. The standard InChI is InChI=1S/C12H19NO/c1-9(2)12(14)10-5-7-11(8-6-10)13(3)4/h5-9,12,14H,1-4H3. The first-order valence-electron chi connectivity index (χ1n) is 4.97. The number of aliphatic hydroxyl groups excluding tert-OH is 1. The molecule has 14 heavy (non-hydrogen) atoms. The molecule has 0 bridgehead atoms. The van der Waals surface area contributed by atoms with E-state index in [1.807, 2.05) is 57.1 Å². The summed E-state index contributed by atoms with van der Waals surface area (Å²) in [6.45, 7) is 4.04. The Morgan fingerprint density at radius 2 is 1.57 bits per heavy atom. The van der Waals surface area contributed by atoms with Crippen LogP contribution in [0.1, 0.15) is 25.5 Å². The Hall–Kier alpha value is -1.02. The fourth-order valence-electron chi connectivity index (χ4n) is 1.35. The van der Waals surface area contributed by atoms with Crippen molar-refractivity contribution in [1.29, 1.82) is 0 Å². The molecule has 0 aliphatic carbocycles. The van der Waals surface area contributed by atoms with Gasteiger partial charge in [-0.05, 0) is 23.6 Å². The van der Waals surface area contributed by atoms with Gasteiger partial charge < -0.3 is 10.0 Å². The van der Waals surface area contributed by atoms with Crippen LogP contribution in [0, 0.1) is 5.92 Å². The van der Waals surface area contributed by atoms with Crippen LogP contribution < -0.4 is 4.90 Å². The lowest BCUT2D eigenvalue weighted by Crippen LogP contribution is -2.09. The third kappa shape index (κ3) is 2.48. The van der Waals surface area contributed by atoms with Crippen LogP contribution in [0.25, 0.3) is 0 Å². The molecular weight excluding hydrogens is 174 g/mol. The average Bonchev–Trinajstić information content (AvgIpc) is 2.16. The summed E-state index contributed by atoms with van der Waals surface area (Å²) < 4.78 is 0. The molecule has 0 saturated carbocycles. The monoisotopic (exact) mass is 193 g/mol. The number of hydrogen-bond donors (Lipinski definition) is 1. The van der Waals surface area contributed by atoms with E-state index in [1.54, 1.807) is 0 Å². The molecule has 0 heterocycles. The van der Waals surface area contributed by atoms with Gasteiger partial charge in [0.15, 0.2) is 0 Å². The van der Waals surface area contributed by atoms with Gasteiger partial charge >= 0.3 is 0 Å². The van der Waals surface area contributed by atoms with E-state index in [0.717, 1.165) is 11.3 Å². The molecule has 0 amide bonds. The zero-order valence-corrected chi connectivity index (χ0v) is 9.36. The van der Waals surface area contributed by atoms with Crippen molar-refractivity contribution in [3.63, 3.8) is 0 Å². The van der Waals surface area contributed by atoms with Crippen molar-refractivity contribution < 1.29 is 5.11 Å². The second-order valence-corrected chi connectivity index (χ2v) is 4.17. The van der Waals surface area contributed by atoms with E-state index < -0.39 is 0 Å². The van der Waals surface area contributed by atoms with E-state index in [0.29, 0.717) is 0 Å². The normalized spacial score (nSPS) is 13.0. The van der Waals surface area contributed by atoms with Crippen molar-refractivity contribution in [3.05, 3.63) is 29.8 Å². The zero-order chi connectivity index (χ0) is 10.7. The van der Waals surface area contributed by atoms with Gasteiger partial charge in [0.2, 0.25) is 0 Å². The molecule has 1 N–H and O–H groups in total. The van der Waals surface area contributed by atoms with Crippen molar-refractivity contribution in [1.82, 2.24) is 0 Å². The Bertz CT molecular complexity index is 277. The molecule has 0 aromatic heterocycles. The molecular formula is C12H19NO. The van der Waals surface area contributed by atoms with Crippen molar-refractivity contribution in [3.8, 4) is 0 Å². The molecule has 0 radical (unpaired) electrons. The lowest BCUT2D eigenvalue weighted by molar-refractivity contribution is 0.127. The largest absolute Gasteiger partial charge is 0.388 e. The predicted molar refractivity (Wildman–Crippen MR) is 60.6 cm³/mol. The SMILES string of the molecule is CC(C)C(O)c1ccc(N(C)C)cc1. The minimum absolute atomic E-state index is 0.264. The third-order valence-corrected chi connectivity index (χ3v) is 2.38. The predicted octanol–water partition coefficient (Wildman–Crippen LogP) is 2.44. The molecule has 1 unspecified atom stereocenters. The van der Waals surface area contributed by atoms with Crippen molar-refractivity contribution in [2.45, 2.75) is 20.0 Å². The molecule has 78 valence electrons. The van der Waals surface area contributed by atoms with Crippen LogP contribution in [0.5, 0.6) is 0 Å². The van der Waals surface area contributed by atoms with Crippen molar-refractivity contribution in [2.24, 2.45) is 5.92 Å². The maximum absolute atomic E-state index is 9.81. The van der Waals surface area contributed by atoms with E-state index in [2.05, 4.69) is 0 Å². The molecule has 0 aliphatic rings. The van der Waals surface area contributed by atoms with Gasteiger partial charge in [-0.15, -0.1) is 0 Å². The highest BCUT2D eigenvalue weighted by atomic mass is 16.3. The molecule has 2 nitrogen and oxygen atoms in total. The van der Waals surface area contributed by atoms with Crippen molar-refractivity contribution in [2.75, 3.05) is 19.0 Å². The van der Waals surface area contributed by atoms with E-state index in [-0.39, 0.29) is 12.0 Å². The Balaban J connectivity index is 2.83. The maximum atomic E-state index is 9.81. The highest BCUT2D eigenvalue weighted by molar-refractivity contribution is 5.46. The topological polar surface area (TPSA) is 23.5 Å². The van der Waals surface area contributed by atoms with Gasteiger partial charge in [0.25, 0.3) is 0 Å². The minimum Gasteiger partial charge on any atom is -0.388 e. The summed E-state index contributed by atoms with van der Waals surface area (Å²) in [7, 11) is 4.02. The third-order valence-electron chi connectivity index (χ3n) is 2.38. The van der Waals surface area contributed by atoms with Crippen LogP contribution in [-0.2, 0) is 0 Å². The fraction of sp³-hybridized carbons (Fsp3) is 0.500. The van der Waals surface area contributed by atoms with Crippen LogP contribution in [0.3, 0.4) is 0 Å². The summed E-state index contributed by atoms with van der Waals surface area (Å²) in [5.41, 5.74) is 2.15. The van der Waals surface area contributed by atoms with Gasteiger partial charge in [-0.2, -0.15) is 0 Å². The molecule has 0 aliphatic heterocycles. The Morgan fingerprint density at radius 3 is 1.93 bits per heavy atom. The van der Waals surface area contributed by atoms with Gasteiger partial charge in [-0.3, -0.25) is 0 Å². The van der Waals surface area contributed by atoms with Crippen molar-refractivity contribution >= 4 is 5.69 Å². The zero-order valence-electron chi connectivity index (χ0n) is 9.36. The van der Waals surface area contributed by atoms with Gasteiger partial charge in [0, 0.05) is 19.8 Å². The lowest BCUT2D eigenvalue weighted by atomic mass is 9.99. The van der Waals surface area contributed by atoms with Gasteiger partial charge in [0.05, 0.1) is 6.10 Å². The number of aliphatic hydroxyl groups is 1. The first-order chi connectivity index (χ1) is 6.52. The molecule has 2 heteroatoms. The number of benzene rings is 1. The Labute approximate surface area is 86.2 Å². The van der Waals surface area contributed by atoms with E-state index in [1.165, 1.54) is 0 Å². The average molecular weight is 193 g/mol. The van der Waals surface area contributed by atoms with Crippen LogP contribution in [0.4, 0.5) is 5.69 Å². The summed E-state index contributed by atoms with van der Waals surface area (Å²) in [6.07, 6.45) is -0.355. The molecule has 1 rings (SSSR count). The van der Waals surface area contributed by atoms with Crippen LogP contribution >= 0.6 is 0 Å². The van der Waals surface area contributed by atoms with Gasteiger partial charge in [0.1, 0.15) is 0 Å². The summed E-state index contributed by atoms with van der Waals surface area (Å²) in [4.78, 5) is 2.05. The Morgan fingerprint density at radius 1 is 1.07 bits per heavy atom. The molecule has 0 spiro atoms. The highest BCUT2D eigenvalue weighted by Gasteiger charge is 2.11. The summed E-state index contributed by atoms with van der Waals surface area (Å²) in [6, 6.07) is 8.03. The lowest BCUT2D eigenvalue weighted by Gasteiger charge is -2.17. The molecule has 1 aromatic rings. The summed E-state index contributed by atoms with van der Waals surface area (Å²) in [5.74, 6) is 0.264. The number of nitrogens with zero attached hydrogens (tertiary/aromatic N) is 1. The van der Waals surface area contributed by atoms with E-state index in [9.17, 15) is 5.11 Å². The minimum atomic E-state index is -0.355. The van der Waals surface area contributed by atoms with E-state index >= 15 is 0 Å². The number of anilines is 1. The van der Waals surface area contributed by atoms with Crippen LogP contribution in [-0.4, -0.2) is 19.2 Å². The summed E-state index contributed by atoms with van der Waals surface area (Å²) in [5, 5.41) is 9.81. The Kier molecular flexibility index (Phi) is 3.53. The molecule has 0 saturated heterocycles. The van der Waals surface area contributed by atoms with Gasteiger partial charge in [-0.25, -0.2) is 0 Å². The van der Waals surface area contributed by atoms with Crippen LogP contribution in [0.15, 0.2) is 24.3 Å². The fourth-order valence-corrected chi connectivity index (χ4v) is 1.35. The second-order valence-electron chi connectivity index (χ2n) is 4.17. The highest BCUT2D eigenvalue weighted by Crippen LogP contribution is 2.23. The first kappa shape index (κ1) is 11.1.